The van der Waals surface area contributed by atoms with Crippen LogP contribution < -0.4 is 10.2 Å². The molecule has 0 unspecified atom stereocenters. The van der Waals surface area contributed by atoms with Gasteiger partial charge in [0, 0.05) is 57.0 Å². The number of aromatic nitrogens is 3. The van der Waals surface area contributed by atoms with E-state index >= 15 is 0 Å². The number of rotatable bonds is 4. The molecule has 0 aromatic carbocycles. The summed E-state index contributed by atoms with van der Waals surface area (Å²) in [5.74, 6) is 0.429. The third-order valence-electron chi connectivity index (χ3n) is 5.34. The molecule has 28 heavy (non-hydrogen) atoms. The highest BCUT2D eigenvalue weighted by Gasteiger charge is 2.24. The Morgan fingerprint density at radius 3 is 2.36 bits per heavy atom. The van der Waals surface area contributed by atoms with E-state index in [1.54, 1.807) is 29.4 Å². The Labute approximate surface area is 164 Å². The summed E-state index contributed by atoms with van der Waals surface area (Å²) in [7, 11) is 0. The summed E-state index contributed by atoms with van der Waals surface area (Å²) >= 11 is 0. The van der Waals surface area contributed by atoms with E-state index in [0.717, 1.165) is 25.7 Å². The lowest BCUT2D eigenvalue weighted by Gasteiger charge is -2.34. The second-order valence-electron chi connectivity index (χ2n) is 7.25. The molecule has 2 aromatic heterocycles. The van der Waals surface area contributed by atoms with Gasteiger partial charge in [0.05, 0.1) is 11.1 Å². The Morgan fingerprint density at radius 2 is 1.64 bits per heavy atom. The largest absolute Gasteiger partial charge is 0.349 e. The zero-order chi connectivity index (χ0) is 19.3. The Bertz CT molecular complexity index is 830. The normalized spacial score (nSPS) is 17.6. The Kier molecular flexibility index (Phi) is 5.45. The summed E-state index contributed by atoms with van der Waals surface area (Å²) in [5, 5.41) is 3.04. The molecule has 146 valence electrons. The van der Waals surface area contributed by atoms with Gasteiger partial charge in [-0.25, -0.2) is 9.97 Å². The molecule has 0 radical (unpaired) electrons. The number of anilines is 1. The van der Waals surface area contributed by atoms with Crippen molar-refractivity contribution < 1.29 is 9.59 Å². The van der Waals surface area contributed by atoms with Crippen LogP contribution in [0.5, 0.6) is 0 Å². The first-order chi connectivity index (χ1) is 13.7. The molecule has 4 rings (SSSR count). The summed E-state index contributed by atoms with van der Waals surface area (Å²) in [4.78, 5) is 41.8. The minimum absolute atomic E-state index is 0.100. The van der Waals surface area contributed by atoms with Crippen LogP contribution in [0.2, 0.25) is 0 Å². The first kappa shape index (κ1) is 18.3. The first-order valence-electron chi connectivity index (χ1n) is 9.78. The number of carbonyl (C=O) groups excluding carboxylic acids is 2. The Morgan fingerprint density at radius 1 is 0.964 bits per heavy atom. The van der Waals surface area contributed by atoms with Crippen molar-refractivity contribution in [2.45, 2.75) is 31.7 Å². The minimum Gasteiger partial charge on any atom is -0.349 e. The minimum atomic E-state index is -0.153. The SMILES string of the molecule is O=C(NC1CCCC1)c1cncc(C(=O)N2CCN(c3ncccn3)CC2)c1. The molecule has 2 aliphatic rings. The van der Waals surface area contributed by atoms with Gasteiger partial charge in [-0.15, -0.1) is 0 Å². The average molecular weight is 380 g/mol. The highest BCUT2D eigenvalue weighted by atomic mass is 16.2. The van der Waals surface area contributed by atoms with Crippen LogP contribution in [0, 0.1) is 0 Å². The quantitative estimate of drug-likeness (QED) is 0.864. The number of carbonyl (C=O) groups is 2. The van der Waals surface area contributed by atoms with Crippen LogP contribution in [-0.2, 0) is 0 Å². The van der Waals surface area contributed by atoms with Crippen LogP contribution in [0.1, 0.15) is 46.4 Å². The molecule has 1 N–H and O–H groups in total. The van der Waals surface area contributed by atoms with Gasteiger partial charge in [0.15, 0.2) is 0 Å². The van der Waals surface area contributed by atoms with Crippen LogP contribution >= 0.6 is 0 Å². The highest BCUT2D eigenvalue weighted by molar-refractivity contribution is 5.99. The van der Waals surface area contributed by atoms with Crippen molar-refractivity contribution in [3.63, 3.8) is 0 Å². The monoisotopic (exact) mass is 380 g/mol. The van der Waals surface area contributed by atoms with E-state index < -0.39 is 0 Å². The van der Waals surface area contributed by atoms with Gasteiger partial charge in [-0.2, -0.15) is 0 Å². The lowest BCUT2D eigenvalue weighted by molar-refractivity contribution is 0.0746. The number of piperazine rings is 1. The predicted molar refractivity (Wildman–Crippen MR) is 104 cm³/mol. The molecule has 1 aliphatic heterocycles. The summed E-state index contributed by atoms with van der Waals surface area (Å²) in [6.07, 6.45) is 10.8. The summed E-state index contributed by atoms with van der Waals surface area (Å²) in [5.41, 5.74) is 0.887. The average Bonchev–Trinajstić information content (AvgIpc) is 3.27. The number of pyridine rings is 1. The molecular formula is C20H24N6O2. The van der Waals surface area contributed by atoms with Gasteiger partial charge < -0.3 is 15.1 Å². The van der Waals surface area contributed by atoms with Gasteiger partial charge in [-0.3, -0.25) is 14.6 Å². The molecule has 2 fully saturated rings. The van der Waals surface area contributed by atoms with E-state index in [0.29, 0.717) is 43.3 Å². The first-order valence-corrected chi connectivity index (χ1v) is 9.78. The number of nitrogens with zero attached hydrogens (tertiary/aromatic N) is 5. The number of nitrogens with one attached hydrogen (secondary N) is 1. The number of hydrogen-bond acceptors (Lipinski definition) is 6. The maximum absolute atomic E-state index is 12.9. The predicted octanol–water partition coefficient (Wildman–Crippen LogP) is 1.51. The van der Waals surface area contributed by atoms with E-state index in [1.165, 1.54) is 12.4 Å². The van der Waals surface area contributed by atoms with E-state index in [2.05, 4.69) is 25.2 Å². The van der Waals surface area contributed by atoms with Crippen LogP contribution in [0.15, 0.2) is 36.9 Å². The molecule has 1 saturated carbocycles. The Balaban J connectivity index is 1.38. The van der Waals surface area contributed by atoms with Crippen molar-refractivity contribution in [3.05, 3.63) is 48.0 Å². The fourth-order valence-corrected chi connectivity index (χ4v) is 3.77. The van der Waals surface area contributed by atoms with E-state index in [1.807, 2.05) is 0 Å². The van der Waals surface area contributed by atoms with Gasteiger partial charge in [0.1, 0.15) is 0 Å². The van der Waals surface area contributed by atoms with Gasteiger partial charge >= 0.3 is 0 Å². The molecule has 8 nitrogen and oxygen atoms in total. The van der Waals surface area contributed by atoms with Gasteiger partial charge in [0.2, 0.25) is 5.95 Å². The summed E-state index contributed by atoms with van der Waals surface area (Å²) < 4.78 is 0. The zero-order valence-electron chi connectivity index (χ0n) is 15.8. The van der Waals surface area contributed by atoms with Crippen LogP contribution in [0.25, 0.3) is 0 Å². The molecule has 1 saturated heterocycles. The van der Waals surface area contributed by atoms with Gasteiger partial charge in [-0.1, -0.05) is 12.8 Å². The van der Waals surface area contributed by atoms with E-state index in [4.69, 9.17) is 0 Å². The van der Waals surface area contributed by atoms with E-state index in [-0.39, 0.29) is 17.9 Å². The van der Waals surface area contributed by atoms with E-state index in [9.17, 15) is 9.59 Å². The van der Waals surface area contributed by atoms with Gasteiger partial charge in [0.25, 0.3) is 11.8 Å². The molecular weight excluding hydrogens is 356 g/mol. The van der Waals surface area contributed by atoms with Crippen molar-refractivity contribution in [3.8, 4) is 0 Å². The fourth-order valence-electron chi connectivity index (χ4n) is 3.77. The van der Waals surface area contributed by atoms with Crippen molar-refractivity contribution in [1.82, 2.24) is 25.2 Å². The number of hydrogen-bond donors (Lipinski definition) is 1. The van der Waals surface area contributed by atoms with Crippen molar-refractivity contribution in [2.24, 2.45) is 0 Å². The lowest BCUT2D eigenvalue weighted by Crippen LogP contribution is -2.49. The summed E-state index contributed by atoms with van der Waals surface area (Å²) in [6.45, 7) is 2.50. The third kappa shape index (κ3) is 4.11. The third-order valence-corrected chi connectivity index (χ3v) is 5.34. The van der Waals surface area contributed by atoms with Crippen LogP contribution in [0.3, 0.4) is 0 Å². The molecule has 1 aliphatic carbocycles. The smallest absolute Gasteiger partial charge is 0.255 e. The second kappa shape index (κ2) is 8.33. The molecule has 0 bridgehead atoms. The molecule has 2 aromatic rings. The van der Waals surface area contributed by atoms with Crippen molar-refractivity contribution >= 4 is 17.8 Å². The fraction of sp³-hybridized carbons (Fsp3) is 0.450. The molecule has 0 atom stereocenters. The van der Waals surface area contributed by atoms with Crippen molar-refractivity contribution in [1.29, 1.82) is 0 Å². The highest BCUT2D eigenvalue weighted by Crippen LogP contribution is 2.18. The molecule has 8 heteroatoms. The molecule has 2 amide bonds. The zero-order valence-corrected chi connectivity index (χ0v) is 15.8. The van der Waals surface area contributed by atoms with Gasteiger partial charge in [-0.05, 0) is 25.0 Å². The number of amides is 2. The molecule has 3 heterocycles. The summed E-state index contributed by atoms with van der Waals surface area (Å²) in [6, 6.07) is 3.67. The second-order valence-corrected chi connectivity index (χ2v) is 7.25. The molecule has 0 spiro atoms. The lowest BCUT2D eigenvalue weighted by atomic mass is 10.1. The topological polar surface area (TPSA) is 91.3 Å². The van der Waals surface area contributed by atoms with Crippen LogP contribution in [-0.4, -0.2) is 63.9 Å². The maximum atomic E-state index is 12.9. The van der Waals surface area contributed by atoms with Crippen LogP contribution in [0.4, 0.5) is 5.95 Å². The Hall–Kier alpha value is -3.03. The standard InChI is InChI=1S/C20H24N6O2/c27-18(24-17-4-1-2-5-17)15-12-16(14-21-13-15)19(28)25-8-10-26(11-9-25)20-22-6-3-7-23-20/h3,6-7,12-14,17H,1-2,4-5,8-11H2,(H,24,27). The van der Waals surface area contributed by atoms with Crippen molar-refractivity contribution in [2.75, 3.05) is 31.1 Å². The maximum Gasteiger partial charge on any atom is 0.255 e.